The van der Waals surface area contributed by atoms with Crippen LogP contribution in [0.2, 0.25) is 0 Å². The number of carbonyl (C=O) groups excluding carboxylic acids is 1. The predicted octanol–water partition coefficient (Wildman–Crippen LogP) is 0.566. The first-order valence-corrected chi connectivity index (χ1v) is 7.95. The molecule has 1 aliphatic carbocycles. The molecule has 21 heavy (non-hydrogen) atoms. The van der Waals surface area contributed by atoms with Crippen LogP contribution in [0.4, 0.5) is 0 Å². The van der Waals surface area contributed by atoms with E-state index in [2.05, 4.69) is 15.5 Å². The number of carboxylic acids is 1. The molecule has 1 atom stereocenters. The second-order valence-electron chi connectivity index (χ2n) is 5.65. The molecule has 114 valence electrons. The molecule has 8 nitrogen and oxygen atoms in total. The summed E-state index contributed by atoms with van der Waals surface area (Å²) in [5, 5.41) is 21.4. The zero-order valence-corrected chi connectivity index (χ0v) is 12.5. The lowest BCUT2D eigenvalue weighted by molar-refractivity contribution is -0.154. The van der Waals surface area contributed by atoms with Gasteiger partial charge in [-0.15, -0.1) is 5.10 Å². The number of thioether (sulfide) groups is 1. The van der Waals surface area contributed by atoms with Crippen molar-refractivity contribution in [1.29, 1.82) is 0 Å². The Kier molecular flexibility index (Phi) is 3.60. The molecule has 3 rings (SSSR count). The fourth-order valence-electron chi connectivity index (χ4n) is 2.62. The van der Waals surface area contributed by atoms with E-state index in [1.165, 1.54) is 16.7 Å². The average Bonchev–Trinajstić information content (AvgIpc) is 3.04. The molecule has 0 radical (unpaired) electrons. The molecule has 2 aliphatic rings. The van der Waals surface area contributed by atoms with E-state index in [9.17, 15) is 14.7 Å². The highest BCUT2D eigenvalue weighted by atomic mass is 32.2. The Morgan fingerprint density at radius 3 is 2.90 bits per heavy atom. The number of aromatic nitrogens is 4. The van der Waals surface area contributed by atoms with E-state index < -0.39 is 11.5 Å². The van der Waals surface area contributed by atoms with Crippen LogP contribution < -0.4 is 0 Å². The van der Waals surface area contributed by atoms with Crippen molar-refractivity contribution in [3.63, 3.8) is 0 Å². The predicted molar refractivity (Wildman–Crippen MR) is 73.8 cm³/mol. The van der Waals surface area contributed by atoms with Crippen LogP contribution in [0.5, 0.6) is 0 Å². The van der Waals surface area contributed by atoms with Crippen molar-refractivity contribution in [3.05, 3.63) is 0 Å². The van der Waals surface area contributed by atoms with Crippen molar-refractivity contribution < 1.29 is 14.7 Å². The number of hydrogen-bond acceptors (Lipinski definition) is 6. The number of carboxylic acid groups (broad SMARTS) is 1. The van der Waals surface area contributed by atoms with E-state index in [0.717, 1.165) is 19.3 Å². The molecular weight excluding hydrogens is 294 g/mol. The van der Waals surface area contributed by atoms with Gasteiger partial charge in [-0.1, -0.05) is 11.8 Å². The number of likely N-dealkylation sites (tertiary alicyclic amines) is 1. The van der Waals surface area contributed by atoms with Crippen LogP contribution in [0.25, 0.3) is 0 Å². The topological polar surface area (TPSA) is 101 Å². The molecule has 0 bridgehead atoms. The zero-order chi connectivity index (χ0) is 15.0. The zero-order valence-electron chi connectivity index (χ0n) is 11.7. The van der Waals surface area contributed by atoms with Gasteiger partial charge >= 0.3 is 5.97 Å². The number of amides is 1. The molecular formula is C12H17N5O3S. The van der Waals surface area contributed by atoms with Gasteiger partial charge in [0.2, 0.25) is 11.1 Å². The van der Waals surface area contributed by atoms with Crippen LogP contribution in [0, 0.1) is 0 Å². The van der Waals surface area contributed by atoms with E-state index >= 15 is 0 Å². The number of nitrogens with zero attached hydrogens (tertiary/aromatic N) is 5. The third kappa shape index (κ3) is 2.61. The van der Waals surface area contributed by atoms with Gasteiger partial charge in [0.15, 0.2) is 0 Å². The van der Waals surface area contributed by atoms with Gasteiger partial charge in [0, 0.05) is 6.54 Å². The highest BCUT2D eigenvalue weighted by Gasteiger charge is 2.45. The average molecular weight is 311 g/mol. The summed E-state index contributed by atoms with van der Waals surface area (Å²) in [5.74, 6) is -0.954. The maximum absolute atomic E-state index is 12.3. The van der Waals surface area contributed by atoms with E-state index in [4.69, 9.17) is 0 Å². The normalized spacial score (nSPS) is 25.3. The van der Waals surface area contributed by atoms with Crippen molar-refractivity contribution in [2.24, 2.45) is 0 Å². The second-order valence-corrected chi connectivity index (χ2v) is 6.60. The summed E-state index contributed by atoms with van der Waals surface area (Å²) in [5.41, 5.74) is -1.08. The minimum atomic E-state index is -1.08. The van der Waals surface area contributed by atoms with Gasteiger partial charge in [-0.25, -0.2) is 9.48 Å². The molecule has 1 saturated heterocycles. The fraction of sp³-hybridized carbons (Fsp3) is 0.750. The molecule has 2 heterocycles. The summed E-state index contributed by atoms with van der Waals surface area (Å²) < 4.78 is 1.75. The first kappa shape index (κ1) is 14.3. The summed E-state index contributed by atoms with van der Waals surface area (Å²) in [6, 6.07) is 0.355. The van der Waals surface area contributed by atoms with Crippen molar-refractivity contribution in [2.45, 2.75) is 49.3 Å². The highest BCUT2D eigenvalue weighted by molar-refractivity contribution is 7.99. The molecule has 1 unspecified atom stereocenters. The Bertz CT molecular complexity index is 573. The Hall–Kier alpha value is -1.64. The molecule has 0 aromatic carbocycles. The van der Waals surface area contributed by atoms with Crippen LogP contribution in [-0.4, -0.2) is 59.9 Å². The maximum atomic E-state index is 12.3. The monoisotopic (exact) mass is 311 g/mol. The van der Waals surface area contributed by atoms with Crippen molar-refractivity contribution >= 4 is 23.6 Å². The van der Waals surface area contributed by atoms with Crippen molar-refractivity contribution in [2.75, 3.05) is 12.3 Å². The van der Waals surface area contributed by atoms with Gasteiger partial charge in [0.05, 0.1) is 11.8 Å². The standard InChI is InChI=1S/C12H17N5O3S/c1-12(10(19)20)5-2-6-16(12)9(18)7-21-11-13-14-15-17(11)8-3-4-8/h8H,2-7H2,1H3,(H,19,20). The summed E-state index contributed by atoms with van der Waals surface area (Å²) in [6.07, 6.45) is 3.35. The van der Waals surface area contributed by atoms with Crippen LogP contribution >= 0.6 is 11.8 Å². The molecule has 1 aliphatic heterocycles. The Balaban J connectivity index is 1.63. The van der Waals surface area contributed by atoms with E-state index in [1.807, 2.05) is 0 Å². The lowest BCUT2D eigenvalue weighted by Crippen LogP contribution is -2.51. The van der Waals surface area contributed by atoms with Crippen molar-refractivity contribution in [3.8, 4) is 0 Å². The molecule has 0 spiro atoms. The van der Waals surface area contributed by atoms with Crippen LogP contribution in [-0.2, 0) is 9.59 Å². The largest absolute Gasteiger partial charge is 0.480 e. The van der Waals surface area contributed by atoms with E-state index in [0.29, 0.717) is 24.2 Å². The van der Waals surface area contributed by atoms with Gasteiger partial charge < -0.3 is 10.0 Å². The molecule has 1 amide bonds. The quantitative estimate of drug-likeness (QED) is 0.793. The maximum Gasteiger partial charge on any atom is 0.329 e. The summed E-state index contributed by atoms with van der Waals surface area (Å²) in [6.45, 7) is 2.11. The van der Waals surface area contributed by atoms with Gasteiger partial charge in [-0.3, -0.25) is 4.79 Å². The molecule has 9 heteroatoms. The molecule has 1 aromatic heterocycles. The number of rotatable bonds is 5. The van der Waals surface area contributed by atoms with Crippen LogP contribution in [0.3, 0.4) is 0 Å². The number of tetrazole rings is 1. The Labute approximate surface area is 125 Å². The Morgan fingerprint density at radius 1 is 1.48 bits per heavy atom. The Morgan fingerprint density at radius 2 is 2.24 bits per heavy atom. The van der Waals surface area contributed by atoms with E-state index in [1.54, 1.807) is 11.6 Å². The minimum absolute atomic E-state index is 0.163. The van der Waals surface area contributed by atoms with Gasteiger partial charge in [0.1, 0.15) is 5.54 Å². The van der Waals surface area contributed by atoms with Crippen LogP contribution in [0.1, 0.15) is 38.6 Å². The number of hydrogen-bond donors (Lipinski definition) is 1. The van der Waals surface area contributed by atoms with Gasteiger partial charge in [-0.2, -0.15) is 0 Å². The first-order valence-electron chi connectivity index (χ1n) is 6.97. The summed E-state index contributed by atoms with van der Waals surface area (Å²) >= 11 is 1.27. The second kappa shape index (κ2) is 5.28. The number of carbonyl (C=O) groups is 2. The van der Waals surface area contributed by atoms with Gasteiger partial charge in [-0.05, 0) is 43.0 Å². The highest BCUT2D eigenvalue weighted by Crippen LogP contribution is 2.36. The molecule has 2 fully saturated rings. The smallest absolute Gasteiger partial charge is 0.329 e. The summed E-state index contributed by atoms with van der Waals surface area (Å²) in [7, 11) is 0. The fourth-order valence-corrected chi connectivity index (χ4v) is 3.44. The third-order valence-corrected chi connectivity index (χ3v) is 5.00. The van der Waals surface area contributed by atoms with E-state index in [-0.39, 0.29) is 11.7 Å². The van der Waals surface area contributed by atoms with Crippen molar-refractivity contribution in [1.82, 2.24) is 25.1 Å². The minimum Gasteiger partial charge on any atom is -0.480 e. The molecule has 1 saturated carbocycles. The lowest BCUT2D eigenvalue weighted by Gasteiger charge is -2.31. The van der Waals surface area contributed by atoms with Gasteiger partial charge in [0.25, 0.3) is 0 Å². The first-order chi connectivity index (χ1) is 10.0. The molecule has 1 N–H and O–H groups in total. The number of aliphatic carboxylic acids is 1. The summed E-state index contributed by atoms with van der Waals surface area (Å²) in [4.78, 5) is 25.2. The molecule has 1 aromatic rings. The SMILES string of the molecule is CC1(C(=O)O)CCCN1C(=O)CSc1nnnn1C1CC1. The third-order valence-electron chi connectivity index (χ3n) is 4.08. The lowest BCUT2D eigenvalue weighted by atomic mass is 9.99. The van der Waals surface area contributed by atoms with Crippen LogP contribution in [0.15, 0.2) is 5.16 Å².